The molecular weight excluding hydrogens is 372 g/mol. The van der Waals surface area contributed by atoms with Gasteiger partial charge in [0.05, 0.1) is 11.6 Å². The number of aromatic nitrogens is 4. The van der Waals surface area contributed by atoms with Crippen molar-refractivity contribution in [3.8, 4) is 0 Å². The molecule has 164 valence electrons. The summed E-state index contributed by atoms with van der Waals surface area (Å²) < 4.78 is 3.89. The highest BCUT2D eigenvalue weighted by Crippen LogP contribution is 2.24. The van der Waals surface area contributed by atoms with Gasteiger partial charge in [0.2, 0.25) is 0 Å². The quantitative estimate of drug-likeness (QED) is 0.297. The van der Waals surface area contributed by atoms with Crippen molar-refractivity contribution < 1.29 is 5.11 Å². The van der Waals surface area contributed by atoms with Crippen molar-refractivity contribution in [2.75, 3.05) is 0 Å². The fraction of sp³-hybridized carbons (Fsp3) is 0.600. The number of aliphatic hydroxyl groups excluding tert-OH is 1. The van der Waals surface area contributed by atoms with Crippen molar-refractivity contribution in [3.05, 3.63) is 48.8 Å². The number of para-hydroxylation sites is 1. The molecule has 2 aromatic heterocycles. The van der Waals surface area contributed by atoms with Gasteiger partial charge in [-0.05, 0) is 30.7 Å². The zero-order valence-corrected chi connectivity index (χ0v) is 18.5. The van der Waals surface area contributed by atoms with Crippen LogP contribution < -0.4 is 0 Å². The third kappa shape index (κ3) is 6.43. The van der Waals surface area contributed by atoms with E-state index in [4.69, 9.17) is 0 Å². The molecule has 0 radical (unpaired) electrons. The van der Waals surface area contributed by atoms with Crippen molar-refractivity contribution in [1.29, 1.82) is 0 Å². The van der Waals surface area contributed by atoms with E-state index in [9.17, 15) is 5.11 Å². The van der Waals surface area contributed by atoms with Gasteiger partial charge in [-0.2, -0.15) is 0 Å². The second kappa shape index (κ2) is 12.5. The Kier molecular flexibility index (Phi) is 9.42. The van der Waals surface area contributed by atoms with Gasteiger partial charge < -0.3 is 9.67 Å². The topological polar surface area (TPSA) is 55.9 Å². The van der Waals surface area contributed by atoms with Crippen LogP contribution in [0.15, 0.2) is 48.8 Å². The van der Waals surface area contributed by atoms with E-state index in [2.05, 4.69) is 17.2 Å². The van der Waals surface area contributed by atoms with Crippen molar-refractivity contribution in [2.45, 2.75) is 96.2 Å². The van der Waals surface area contributed by atoms with Crippen molar-refractivity contribution in [3.63, 3.8) is 0 Å². The summed E-state index contributed by atoms with van der Waals surface area (Å²) >= 11 is 0. The molecule has 5 heteroatoms. The van der Waals surface area contributed by atoms with E-state index in [1.807, 2.05) is 58.0 Å². The van der Waals surface area contributed by atoms with Gasteiger partial charge >= 0.3 is 0 Å². The third-order valence-electron chi connectivity index (χ3n) is 6.01. The minimum Gasteiger partial charge on any atom is -0.389 e. The minimum absolute atomic E-state index is 0.268. The SMILES string of the molecule is CCCCCCCCCCCCC[C@H](O)C(n1cccc1)n1nnc2ccccc21. The van der Waals surface area contributed by atoms with Crippen LogP contribution in [-0.4, -0.2) is 30.8 Å². The Morgan fingerprint density at radius 3 is 2.07 bits per heavy atom. The van der Waals surface area contributed by atoms with Gasteiger partial charge in [0.15, 0.2) is 6.17 Å². The van der Waals surface area contributed by atoms with Crippen molar-refractivity contribution >= 4 is 11.0 Å². The van der Waals surface area contributed by atoms with Gasteiger partial charge in [-0.25, -0.2) is 4.68 Å². The molecule has 0 aliphatic carbocycles. The summed E-state index contributed by atoms with van der Waals surface area (Å²) in [7, 11) is 0. The number of hydrogen-bond acceptors (Lipinski definition) is 3. The van der Waals surface area contributed by atoms with Crippen LogP contribution in [0.4, 0.5) is 0 Å². The van der Waals surface area contributed by atoms with Crippen LogP contribution >= 0.6 is 0 Å². The molecule has 1 N–H and O–H groups in total. The maximum Gasteiger partial charge on any atom is 0.154 e. The second-order valence-electron chi connectivity index (χ2n) is 8.46. The first-order valence-electron chi connectivity index (χ1n) is 11.9. The summed E-state index contributed by atoms with van der Waals surface area (Å²) in [6, 6.07) is 11.9. The monoisotopic (exact) mass is 410 g/mol. The van der Waals surface area contributed by atoms with Crippen LogP contribution in [0.1, 0.15) is 90.1 Å². The summed E-state index contributed by atoms with van der Waals surface area (Å²) in [6.45, 7) is 2.27. The molecular formula is C25H38N4O. The zero-order chi connectivity index (χ0) is 21.0. The molecule has 5 nitrogen and oxygen atoms in total. The smallest absolute Gasteiger partial charge is 0.154 e. The molecule has 1 aromatic carbocycles. The van der Waals surface area contributed by atoms with Crippen LogP contribution in [0, 0.1) is 0 Å². The lowest BCUT2D eigenvalue weighted by atomic mass is 10.0. The lowest BCUT2D eigenvalue weighted by molar-refractivity contribution is 0.0807. The number of rotatable bonds is 15. The predicted octanol–water partition coefficient (Wildman–Crippen LogP) is 6.34. The normalized spacial score (nSPS) is 13.7. The van der Waals surface area contributed by atoms with Crippen LogP contribution in [0.3, 0.4) is 0 Å². The summed E-state index contributed by atoms with van der Waals surface area (Å²) in [4.78, 5) is 0. The molecule has 0 bridgehead atoms. The molecule has 30 heavy (non-hydrogen) atoms. The first kappa shape index (κ1) is 22.5. The Labute approximate surface area is 181 Å². The van der Waals surface area contributed by atoms with Gasteiger partial charge in [-0.15, -0.1) is 5.10 Å². The fourth-order valence-corrected chi connectivity index (χ4v) is 4.26. The molecule has 2 heterocycles. The molecule has 0 amide bonds. The molecule has 0 aliphatic rings. The molecule has 0 saturated heterocycles. The number of nitrogens with zero attached hydrogens (tertiary/aromatic N) is 4. The Hall–Kier alpha value is -2.14. The number of hydrogen-bond donors (Lipinski definition) is 1. The van der Waals surface area contributed by atoms with Crippen LogP contribution in [0.2, 0.25) is 0 Å². The van der Waals surface area contributed by atoms with E-state index in [-0.39, 0.29) is 6.17 Å². The lowest BCUT2D eigenvalue weighted by Gasteiger charge is -2.25. The number of unbranched alkanes of at least 4 members (excludes halogenated alkanes) is 10. The van der Waals surface area contributed by atoms with Crippen LogP contribution in [0.25, 0.3) is 11.0 Å². The minimum atomic E-state index is -0.499. The number of aliphatic hydroxyl groups is 1. The average Bonchev–Trinajstić information content (AvgIpc) is 3.43. The first-order valence-corrected chi connectivity index (χ1v) is 11.9. The van der Waals surface area contributed by atoms with E-state index in [1.54, 1.807) is 0 Å². The first-order chi connectivity index (χ1) is 14.8. The van der Waals surface area contributed by atoms with E-state index < -0.39 is 6.10 Å². The van der Waals surface area contributed by atoms with E-state index in [1.165, 1.54) is 64.2 Å². The summed E-state index contributed by atoms with van der Waals surface area (Å²) in [6.07, 6.45) is 18.4. The largest absolute Gasteiger partial charge is 0.389 e. The van der Waals surface area contributed by atoms with Crippen molar-refractivity contribution in [2.24, 2.45) is 0 Å². The van der Waals surface area contributed by atoms with Crippen molar-refractivity contribution in [1.82, 2.24) is 19.6 Å². The summed E-state index contributed by atoms with van der Waals surface area (Å²) in [5.74, 6) is 0. The maximum atomic E-state index is 11.0. The molecule has 3 aromatic rings. The van der Waals surface area contributed by atoms with Crippen LogP contribution in [0.5, 0.6) is 0 Å². The Bertz CT molecular complexity index is 827. The molecule has 2 atom stereocenters. The zero-order valence-electron chi connectivity index (χ0n) is 18.5. The molecule has 0 aliphatic heterocycles. The average molecular weight is 411 g/mol. The Morgan fingerprint density at radius 1 is 0.800 bits per heavy atom. The summed E-state index contributed by atoms with van der Waals surface area (Å²) in [5.41, 5.74) is 1.81. The molecule has 3 rings (SSSR count). The van der Waals surface area contributed by atoms with Crippen LogP contribution in [-0.2, 0) is 0 Å². The highest BCUT2D eigenvalue weighted by Gasteiger charge is 2.24. The number of benzene rings is 1. The fourth-order valence-electron chi connectivity index (χ4n) is 4.26. The molecule has 0 saturated carbocycles. The molecule has 0 spiro atoms. The van der Waals surface area contributed by atoms with Gasteiger partial charge in [-0.3, -0.25) is 0 Å². The van der Waals surface area contributed by atoms with Gasteiger partial charge in [-0.1, -0.05) is 94.9 Å². The molecule has 0 fully saturated rings. The standard InChI is InChI=1S/C25H38N4O/c1-2-3-4-5-6-7-8-9-10-11-12-19-24(30)25(28-20-15-16-21-28)29-23-18-14-13-17-22(23)26-27-29/h13-18,20-21,24-25,30H,2-12,19H2,1H3/t24-,25?/m0/s1. The Morgan fingerprint density at radius 2 is 1.40 bits per heavy atom. The highest BCUT2D eigenvalue weighted by atomic mass is 16.3. The van der Waals surface area contributed by atoms with E-state index in [0.29, 0.717) is 0 Å². The second-order valence-corrected chi connectivity index (χ2v) is 8.46. The third-order valence-corrected chi connectivity index (χ3v) is 6.01. The van der Waals surface area contributed by atoms with Gasteiger partial charge in [0.25, 0.3) is 0 Å². The van der Waals surface area contributed by atoms with Gasteiger partial charge in [0.1, 0.15) is 5.52 Å². The van der Waals surface area contributed by atoms with Gasteiger partial charge in [0, 0.05) is 12.4 Å². The van der Waals surface area contributed by atoms with E-state index in [0.717, 1.165) is 23.9 Å². The predicted molar refractivity (Wildman–Crippen MR) is 123 cm³/mol. The number of fused-ring (bicyclic) bond motifs is 1. The maximum absolute atomic E-state index is 11.0. The summed E-state index contributed by atoms with van der Waals surface area (Å²) in [5, 5.41) is 19.7. The van der Waals surface area contributed by atoms with E-state index >= 15 is 0 Å². The lowest BCUT2D eigenvalue weighted by Crippen LogP contribution is -2.30. The highest BCUT2D eigenvalue weighted by molar-refractivity contribution is 5.74. The Balaban J connectivity index is 1.44. The molecule has 1 unspecified atom stereocenters.